The van der Waals surface area contributed by atoms with Crippen LogP contribution in [-0.2, 0) is 11.3 Å². The zero-order chi connectivity index (χ0) is 17.6. The van der Waals surface area contributed by atoms with Crippen molar-refractivity contribution in [3.63, 3.8) is 0 Å². The van der Waals surface area contributed by atoms with Crippen molar-refractivity contribution in [2.45, 2.75) is 13.5 Å². The number of rotatable bonds is 5. The Balaban J connectivity index is 1.44. The molecular weight excluding hydrogens is 380 g/mol. The van der Waals surface area contributed by atoms with Crippen LogP contribution < -0.4 is 5.32 Å². The molecule has 1 aliphatic heterocycles. The number of hydrogen-bond acceptors (Lipinski definition) is 4. The molecule has 0 aliphatic carbocycles. The average Bonchev–Trinajstić information content (AvgIpc) is 2.60. The van der Waals surface area contributed by atoms with E-state index in [1.807, 2.05) is 37.5 Å². The molecule has 6 heteroatoms. The average molecular weight is 403 g/mol. The molecule has 0 spiro atoms. The van der Waals surface area contributed by atoms with E-state index in [1.165, 1.54) is 5.56 Å². The summed E-state index contributed by atoms with van der Waals surface area (Å²) in [5.41, 5.74) is 3.22. The molecule has 5 nitrogen and oxygen atoms in total. The van der Waals surface area contributed by atoms with Crippen LogP contribution in [0.5, 0.6) is 0 Å². The SMILES string of the molecule is Cc1cc(Br)ccc1NC(=O)CN1CCN(Cc2ccncc2)CC1. The van der Waals surface area contributed by atoms with Gasteiger partial charge in [-0.2, -0.15) is 0 Å². The van der Waals surface area contributed by atoms with Crippen LogP contribution in [0.3, 0.4) is 0 Å². The number of anilines is 1. The van der Waals surface area contributed by atoms with Crippen molar-refractivity contribution in [2.75, 3.05) is 38.0 Å². The second-order valence-electron chi connectivity index (χ2n) is 6.42. The normalized spacial score (nSPS) is 15.9. The predicted molar refractivity (Wildman–Crippen MR) is 103 cm³/mol. The minimum Gasteiger partial charge on any atom is -0.325 e. The Bertz CT molecular complexity index is 715. The maximum atomic E-state index is 12.3. The molecule has 2 aromatic rings. The van der Waals surface area contributed by atoms with Crippen LogP contribution in [0.4, 0.5) is 5.69 Å². The monoisotopic (exact) mass is 402 g/mol. The first-order valence-corrected chi connectivity index (χ1v) is 9.29. The van der Waals surface area contributed by atoms with Gasteiger partial charge in [0.25, 0.3) is 0 Å². The Morgan fingerprint density at radius 3 is 2.48 bits per heavy atom. The van der Waals surface area contributed by atoms with Crippen molar-refractivity contribution < 1.29 is 4.79 Å². The smallest absolute Gasteiger partial charge is 0.238 e. The molecule has 1 aliphatic rings. The maximum absolute atomic E-state index is 12.3. The summed E-state index contributed by atoms with van der Waals surface area (Å²) in [4.78, 5) is 21.0. The van der Waals surface area contributed by atoms with Gasteiger partial charge in [0.15, 0.2) is 0 Å². The Morgan fingerprint density at radius 1 is 1.12 bits per heavy atom. The van der Waals surface area contributed by atoms with Gasteiger partial charge in [-0.1, -0.05) is 15.9 Å². The Kier molecular flexibility index (Phi) is 6.18. The molecule has 132 valence electrons. The van der Waals surface area contributed by atoms with Crippen LogP contribution in [0.25, 0.3) is 0 Å². The topological polar surface area (TPSA) is 48.5 Å². The molecule has 1 N–H and O–H groups in total. The molecule has 1 aromatic heterocycles. The third-order valence-electron chi connectivity index (χ3n) is 4.45. The molecule has 1 amide bonds. The molecule has 0 radical (unpaired) electrons. The molecule has 2 heterocycles. The van der Waals surface area contributed by atoms with E-state index in [0.717, 1.165) is 48.4 Å². The van der Waals surface area contributed by atoms with Crippen LogP contribution in [0.2, 0.25) is 0 Å². The minimum absolute atomic E-state index is 0.0491. The highest BCUT2D eigenvalue weighted by atomic mass is 79.9. The van der Waals surface area contributed by atoms with Gasteiger partial charge in [0.1, 0.15) is 0 Å². The number of carbonyl (C=O) groups excluding carboxylic acids is 1. The number of nitrogens with zero attached hydrogens (tertiary/aromatic N) is 3. The van der Waals surface area contributed by atoms with Crippen LogP contribution in [-0.4, -0.2) is 53.4 Å². The summed E-state index contributed by atoms with van der Waals surface area (Å²) in [6, 6.07) is 10.00. The van der Waals surface area contributed by atoms with Crippen LogP contribution in [0.15, 0.2) is 47.2 Å². The van der Waals surface area contributed by atoms with Gasteiger partial charge in [0.05, 0.1) is 6.54 Å². The number of hydrogen-bond donors (Lipinski definition) is 1. The number of aromatic nitrogens is 1. The van der Waals surface area contributed by atoms with E-state index in [0.29, 0.717) is 6.54 Å². The lowest BCUT2D eigenvalue weighted by molar-refractivity contribution is -0.117. The predicted octanol–water partition coefficient (Wildman–Crippen LogP) is 2.91. The fourth-order valence-electron chi connectivity index (χ4n) is 3.01. The maximum Gasteiger partial charge on any atom is 0.238 e. The highest BCUT2D eigenvalue weighted by Crippen LogP contribution is 2.20. The summed E-state index contributed by atoms with van der Waals surface area (Å²) in [5.74, 6) is 0.0491. The molecular formula is C19H23BrN4O. The van der Waals surface area contributed by atoms with Crippen LogP contribution in [0.1, 0.15) is 11.1 Å². The van der Waals surface area contributed by atoms with Gasteiger partial charge in [-0.3, -0.25) is 19.6 Å². The second kappa shape index (κ2) is 8.56. The third-order valence-corrected chi connectivity index (χ3v) is 4.94. The van der Waals surface area contributed by atoms with Gasteiger partial charge < -0.3 is 5.32 Å². The number of aryl methyl sites for hydroxylation is 1. The molecule has 0 bridgehead atoms. The highest BCUT2D eigenvalue weighted by Gasteiger charge is 2.19. The van der Waals surface area contributed by atoms with E-state index in [4.69, 9.17) is 0 Å². The van der Waals surface area contributed by atoms with E-state index in [9.17, 15) is 4.79 Å². The van der Waals surface area contributed by atoms with Gasteiger partial charge in [0.2, 0.25) is 5.91 Å². The quantitative estimate of drug-likeness (QED) is 0.834. The second-order valence-corrected chi connectivity index (χ2v) is 7.33. The third kappa shape index (κ3) is 5.36. The summed E-state index contributed by atoms with van der Waals surface area (Å²) in [6.07, 6.45) is 3.67. The van der Waals surface area contributed by atoms with Gasteiger partial charge >= 0.3 is 0 Å². The van der Waals surface area contributed by atoms with Crippen molar-refractivity contribution in [1.82, 2.24) is 14.8 Å². The lowest BCUT2D eigenvalue weighted by atomic mass is 10.2. The summed E-state index contributed by atoms with van der Waals surface area (Å²) in [6.45, 7) is 7.17. The van der Waals surface area contributed by atoms with E-state index in [-0.39, 0.29) is 5.91 Å². The fourth-order valence-corrected chi connectivity index (χ4v) is 3.49. The van der Waals surface area contributed by atoms with Crippen LogP contribution >= 0.6 is 15.9 Å². The largest absolute Gasteiger partial charge is 0.325 e. The van der Waals surface area contributed by atoms with Gasteiger partial charge in [-0.05, 0) is 48.4 Å². The van der Waals surface area contributed by atoms with E-state index >= 15 is 0 Å². The summed E-state index contributed by atoms with van der Waals surface area (Å²) >= 11 is 3.44. The lowest BCUT2D eigenvalue weighted by Crippen LogP contribution is -2.48. The molecule has 0 atom stereocenters. The number of amides is 1. The molecule has 0 saturated carbocycles. The summed E-state index contributed by atoms with van der Waals surface area (Å²) in [7, 11) is 0. The lowest BCUT2D eigenvalue weighted by Gasteiger charge is -2.34. The van der Waals surface area contributed by atoms with Crippen LogP contribution in [0, 0.1) is 6.92 Å². The molecule has 1 aromatic carbocycles. The number of carbonyl (C=O) groups is 1. The standard InChI is InChI=1S/C19H23BrN4O/c1-15-12-17(20)2-3-18(15)22-19(25)14-24-10-8-23(9-11-24)13-16-4-6-21-7-5-16/h2-7,12H,8-11,13-14H2,1H3,(H,22,25). The molecule has 1 fully saturated rings. The van der Waals surface area contributed by atoms with Crippen molar-refractivity contribution in [3.05, 3.63) is 58.3 Å². The minimum atomic E-state index is 0.0491. The van der Waals surface area contributed by atoms with Gasteiger partial charge in [-0.25, -0.2) is 0 Å². The summed E-state index contributed by atoms with van der Waals surface area (Å²) in [5, 5.41) is 3.01. The van der Waals surface area contributed by atoms with Gasteiger partial charge in [-0.15, -0.1) is 0 Å². The number of nitrogens with one attached hydrogen (secondary N) is 1. The molecule has 3 rings (SSSR count). The molecule has 25 heavy (non-hydrogen) atoms. The number of benzene rings is 1. The fraction of sp³-hybridized carbons (Fsp3) is 0.368. The van der Waals surface area contributed by atoms with E-state index in [2.05, 4.69) is 48.2 Å². The van der Waals surface area contributed by atoms with E-state index in [1.54, 1.807) is 0 Å². The summed E-state index contributed by atoms with van der Waals surface area (Å²) < 4.78 is 1.02. The zero-order valence-electron chi connectivity index (χ0n) is 14.4. The van der Waals surface area contributed by atoms with Gasteiger partial charge in [0, 0.05) is 55.3 Å². The van der Waals surface area contributed by atoms with E-state index < -0.39 is 0 Å². The van der Waals surface area contributed by atoms with Crippen molar-refractivity contribution in [2.24, 2.45) is 0 Å². The highest BCUT2D eigenvalue weighted by molar-refractivity contribution is 9.10. The molecule has 1 saturated heterocycles. The zero-order valence-corrected chi connectivity index (χ0v) is 16.0. The number of halogens is 1. The first-order valence-electron chi connectivity index (χ1n) is 8.50. The number of piperazine rings is 1. The Morgan fingerprint density at radius 2 is 1.80 bits per heavy atom. The number of pyridine rings is 1. The van der Waals surface area contributed by atoms with Crippen molar-refractivity contribution >= 4 is 27.5 Å². The van der Waals surface area contributed by atoms with Crippen molar-refractivity contribution in [1.29, 1.82) is 0 Å². The Labute approximate surface area is 157 Å². The first-order chi connectivity index (χ1) is 12.1. The Hall–Kier alpha value is -1.76. The molecule has 0 unspecified atom stereocenters. The first kappa shape index (κ1) is 18.0. The van der Waals surface area contributed by atoms with Crippen molar-refractivity contribution in [3.8, 4) is 0 Å².